The third-order valence-corrected chi connectivity index (χ3v) is 5.96. The molecule has 29 heavy (non-hydrogen) atoms. The van der Waals surface area contributed by atoms with Gasteiger partial charge in [0.1, 0.15) is 0 Å². The first-order valence-electron chi connectivity index (χ1n) is 11.1. The molecule has 2 fully saturated rings. The summed E-state index contributed by atoms with van der Waals surface area (Å²) in [5.74, 6) is 0.942. The predicted molar refractivity (Wildman–Crippen MR) is 129 cm³/mol. The Balaban J connectivity index is 0.00000300. The Morgan fingerprint density at radius 2 is 1.97 bits per heavy atom. The largest absolute Gasteiger partial charge is 0.379 e. The van der Waals surface area contributed by atoms with Crippen molar-refractivity contribution in [2.75, 3.05) is 45.9 Å². The molecule has 0 aromatic carbocycles. The third kappa shape index (κ3) is 7.40. The highest BCUT2D eigenvalue weighted by atomic mass is 127. The Morgan fingerprint density at radius 1 is 1.21 bits per heavy atom. The molecule has 1 saturated carbocycles. The smallest absolute Gasteiger partial charge is 0.191 e. The first-order valence-corrected chi connectivity index (χ1v) is 11.1. The molecule has 8 heteroatoms. The fraction of sp³-hybridized carbons (Fsp3) is 0.810. The van der Waals surface area contributed by atoms with Gasteiger partial charge < -0.3 is 15.4 Å². The number of guanidine groups is 1. The number of aryl methyl sites for hydroxylation is 2. The molecule has 0 atom stereocenters. The van der Waals surface area contributed by atoms with E-state index in [1.54, 1.807) is 0 Å². The second-order valence-electron chi connectivity index (χ2n) is 8.14. The summed E-state index contributed by atoms with van der Waals surface area (Å²) in [6, 6.07) is 0. The molecule has 1 aliphatic carbocycles. The van der Waals surface area contributed by atoms with Crippen molar-refractivity contribution in [2.24, 2.45) is 4.99 Å². The maximum atomic E-state index is 5.59. The first kappa shape index (κ1) is 24.4. The van der Waals surface area contributed by atoms with Gasteiger partial charge in [0.25, 0.3) is 0 Å². The van der Waals surface area contributed by atoms with E-state index >= 15 is 0 Å². The lowest BCUT2D eigenvalue weighted by Crippen LogP contribution is -2.56. The van der Waals surface area contributed by atoms with Gasteiger partial charge in [-0.1, -0.05) is 19.3 Å². The fourth-order valence-electron chi connectivity index (χ4n) is 4.43. The molecule has 1 aromatic rings. The van der Waals surface area contributed by atoms with Crippen LogP contribution in [0.4, 0.5) is 0 Å². The van der Waals surface area contributed by atoms with E-state index in [4.69, 9.17) is 9.73 Å². The number of hydrogen-bond donors (Lipinski definition) is 2. The van der Waals surface area contributed by atoms with Crippen LogP contribution in [-0.2, 0) is 11.3 Å². The van der Waals surface area contributed by atoms with Crippen molar-refractivity contribution in [3.05, 3.63) is 18.0 Å². The SMILES string of the molecule is CCNC(=NCC1(N2CCOCC2)CCCCC1)NCCCn1cc(C)cn1.I. The van der Waals surface area contributed by atoms with Gasteiger partial charge in [-0.15, -0.1) is 24.0 Å². The first-order chi connectivity index (χ1) is 13.7. The summed E-state index contributed by atoms with van der Waals surface area (Å²) in [6.07, 6.45) is 11.5. The zero-order valence-corrected chi connectivity index (χ0v) is 20.5. The van der Waals surface area contributed by atoms with Gasteiger partial charge in [-0.2, -0.15) is 5.10 Å². The molecule has 2 heterocycles. The van der Waals surface area contributed by atoms with Crippen LogP contribution in [-0.4, -0.2) is 72.1 Å². The number of rotatable bonds is 8. The predicted octanol–water partition coefficient (Wildman–Crippen LogP) is 2.79. The Morgan fingerprint density at radius 3 is 2.62 bits per heavy atom. The molecular weight excluding hydrogens is 479 g/mol. The molecule has 0 radical (unpaired) electrons. The van der Waals surface area contributed by atoms with Crippen LogP contribution in [0.5, 0.6) is 0 Å². The lowest BCUT2D eigenvalue weighted by molar-refractivity contribution is -0.0333. The molecule has 2 N–H and O–H groups in total. The van der Waals surface area contributed by atoms with Crippen LogP contribution < -0.4 is 10.6 Å². The number of ether oxygens (including phenoxy) is 1. The Hall–Kier alpha value is -0.870. The van der Waals surface area contributed by atoms with Crippen LogP contribution in [0.3, 0.4) is 0 Å². The molecule has 166 valence electrons. The fourth-order valence-corrected chi connectivity index (χ4v) is 4.43. The number of halogens is 1. The molecule has 0 spiro atoms. The van der Waals surface area contributed by atoms with Crippen LogP contribution in [0.25, 0.3) is 0 Å². The highest BCUT2D eigenvalue weighted by Gasteiger charge is 2.38. The van der Waals surface area contributed by atoms with E-state index in [0.717, 1.165) is 64.9 Å². The minimum Gasteiger partial charge on any atom is -0.379 e. The molecule has 3 rings (SSSR count). The van der Waals surface area contributed by atoms with E-state index in [1.807, 2.05) is 10.9 Å². The molecule has 0 amide bonds. The number of nitrogens with one attached hydrogen (secondary N) is 2. The van der Waals surface area contributed by atoms with Crippen LogP contribution in [0.2, 0.25) is 0 Å². The van der Waals surface area contributed by atoms with Crippen molar-refractivity contribution < 1.29 is 4.74 Å². The highest BCUT2D eigenvalue weighted by molar-refractivity contribution is 14.0. The molecule has 0 unspecified atom stereocenters. The molecule has 0 bridgehead atoms. The standard InChI is InChI=1S/C21H38N6O.HI/c1-3-22-20(23-10-7-11-27-17-19(2)16-25-27)24-18-21(8-5-4-6-9-21)26-12-14-28-15-13-26;/h16-17H,3-15,18H2,1-2H3,(H2,22,23,24);1H. The summed E-state index contributed by atoms with van der Waals surface area (Å²) in [5.41, 5.74) is 1.43. The Kier molecular flexibility index (Phi) is 10.7. The van der Waals surface area contributed by atoms with Crippen LogP contribution >= 0.6 is 24.0 Å². The molecule has 1 saturated heterocycles. The molecule has 1 aliphatic heterocycles. The average Bonchev–Trinajstić information content (AvgIpc) is 3.15. The van der Waals surface area contributed by atoms with Crippen molar-refractivity contribution in [3.63, 3.8) is 0 Å². The van der Waals surface area contributed by atoms with Gasteiger partial charge in [0, 0.05) is 44.5 Å². The highest BCUT2D eigenvalue weighted by Crippen LogP contribution is 2.34. The Bertz CT molecular complexity index is 608. The number of morpholine rings is 1. The van der Waals surface area contributed by atoms with Gasteiger partial charge >= 0.3 is 0 Å². The van der Waals surface area contributed by atoms with E-state index in [2.05, 4.69) is 40.7 Å². The van der Waals surface area contributed by atoms with Gasteiger partial charge in [-0.25, -0.2) is 0 Å². The maximum Gasteiger partial charge on any atom is 0.191 e. The zero-order valence-electron chi connectivity index (χ0n) is 18.2. The quantitative estimate of drug-likeness (QED) is 0.240. The third-order valence-electron chi connectivity index (χ3n) is 5.96. The van der Waals surface area contributed by atoms with E-state index in [1.165, 1.54) is 37.7 Å². The van der Waals surface area contributed by atoms with Gasteiger partial charge in [0.05, 0.1) is 26.0 Å². The molecular formula is C21H39IN6O. The summed E-state index contributed by atoms with van der Waals surface area (Å²) >= 11 is 0. The van der Waals surface area contributed by atoms with Gasteiger partial charge in [0.2, 0.25) is 0 Å². The van der Waals surface area contributed by atoms with E-state index in [-0.39, 0.29) is 29.5 Å². The molecule has 1 aromatic heterocycles. The number of hydrogen-bond acceptors (Lipinski definition) is 4. The second kappa shape index (κ2) is 12.7. The minimum atomic E-state index is 0. The minimum absolute atomic E-state index is 0. The lowest BCUT2D eigenvalue weighted by Gasteiger charge is -2.47. The van der Waals surface area contributed by atoms with Crippen molar-refractivity contribution in [1.29, 1.82) is 0 Å². The van der Waals surface area contributed by atoms with Crippen molar-refractivity contribution >= 4 is 29.9 Å². The van der Waals surface area contributed by atoms with Crippen molar-refractivity contribution in [3.8, 4) is 0 Å². The summed E-state index contributed by atoms with van der Waals surface area (Å²) in [5, 5.41) is 11.3. The van der Waals surface area contributed by atoms with Crippen molar-refractivity contribution in [2.45, 2.75) is 64.5 Å². The number of nitrogens with zero attached hydrogens (tertiary/aromatic N) is 4. The summed E-state index contributed by atoms with van der Waals surface area (Å²) in [4.78, 5) is 7.68. The second-order valence-corrected chi connectivity index (χ2v) is 8.14. The normalized spacial score (nSPS) is 20.1. The van der Waals surface area contributed by atoms with Gasteiger partial charge in [0.15, 0.2) is 5.96 Å². The van der Waals surface area contributed by atoms with Crippen LogP contribution in [0, 0.1) is 6.92 Å². The Labute approximate surface area is 193 Å². The summed E-state index contributed by atoms with van der Waals surface area (Å²) < 4.78 is 7.60. The van der Waals surface area contributed by atoms with Crippen LogP contribution in [0.1, 0.15) is 51.0 Å². The monoisotopic (exact) mass is 518 g/mol. The summed E-state index contributed by atoms with van der Waals surface area (Å²) in [6.45, 7) is 11.6. The molecule has 7 nitrogen and oxygen atoms in total. The number of aromatic nitrogens is 2. The van der Waals surface area contributed by atoms with E-state index in [0.29, 0.717) is 0 Å². The van der Waals surface area contributed by atoms with Crippen molar-refractivity contribution in [1.82, 2.24) is 25.3 Å². The maximum absolute atomic E-state index is 5.59. The summed E-state index contributed by atoms with van der Waals surface area (Å²) in [7, 11) is 0. The average molecular weight is 518 g/mol. The number of aliphatic imine (C=N–C) groups is 1. The van der Waals surface area contributed by atoms with Gasteiger partial charge in [-0.05, 0) is 38.7 Å². The van der Waals surface area contributed by atoms with Crippen LogP contribution in [0.15, 0.2) is 17.4 Å². The van der Waals surface area contributed by atoms with E-state index < -0.39 is 0 Å². The van der Waals surface area contributed by atoms with E-state index in [9.17, 15) is 0 Å². The zero-order chi connectivity index (χ0) is 19.7. The topological polar surface area (TPSA) is 66.7 Å². The lowest BCUT2D eigenvalue weighted by atomic mass is 9.80. The molecule has 2 aliphatic rings. The van der Waals surface area contributed by atoms with Gasteiger partial charge in [-0.3, -0.25) is 14.6 Å².